The molecule has 0 fully saturated rings. The van der Waals surface area contributed by atoms with Gasteiger partial charge in [-0.1, -0.05) is 24.3 Å². The van der Waals surface area contributed by atoms with Crippen LogP contribution in [0.4, 0.5) is 8.78 Å². The van der Waals surface area contributed by atoms with Crippen LogP contribution in [0.5, 0.6) is 0 Å². The van der Waals surface area contributed by atoms with Crippen LogP contribution in [-0.2, 0) is 14.3 Å². The van der Waals surface area contributed by atoms with Crippen LogP contribution in [0.15, 0.2) is 60.4 Å². The first-order valence-corrected chi connectivity index (χ1v) is 8.06. The number of halogens is 2. The third-order valence-electron chi connectivity index (χ3n) is 4.03. The second-order valence-electron chi connectivity index (χ2n) is 5.90. The van der Waals surface area contributed by atoms with Gasteiger partial charge in [0.25, 0.3) is 0 Å². The Morgan fingerprint density at radius 2 is 1.48 bits per heavy atom. The molecule has 0 saturated carbocycles. The second-order valence-corrected chi connectivity index (χ2v) is 5.90. The Bertz CT molecular complexity index is 787. The summed E-state index contributed by atoms with van der Waals surface area (Å²) in [6, 6.07) is 11.6. The van der Waals surface area contributed by atoms with Crippen LogP contribution in [0.1, 0.15) is 17.0 Å². The molecule has 0 unspecified atom stereocenters. The van der Waals surface area contributed by atoms with Gasteiger partial charge in [0.15, 0.2) is 0 Å². The van der Waals surface area contributed by atoms with Gasteiger partial charge in [-0.05, 0) is 35.4 Å². The molecule has 0 aliphatic heterocycles. The minimum Gasteiger partial charge on any atom is -0.502 e. The Morgan fingerprint density at radius 3 is 1.89 bits per heavy atom. The first kappa shape index (κ1) is 20.1. The van der Waals surface area contributed by atoms with Crippen molar-refractivity contribution in [3.8, 4) is 0 Å². The van der Waals surface area contributed by atoms with Crippen molar-refractivity contribution in [1.82, 2.24) is 4.90 Å². The number of ether oxygens (including phenoxy) is 1. The zero-order valence-electron chi connectivity index (χ0n) is 14.9. The zero-order valence-corrected chi connectivity index (χ0v) is 14.9. The van der Waals surface area contributed by atoms with Crippen molar-refractivity contribution in [1.29, 1.82) is 0 Å². The third kappa shape index (κ3) is 5.37. The smallest absolute Gasteiger partial charge is 0.373 e. The molecule has 0 aromatic heterocycles. The van der Waals surface area contributed by atoms with Crippen molar-refractivity contribution >= 4 is 11.9 Å². The molecule has 1 N–H and O–H groups in total. The summed E-state index contributed by atoms with van der Waals surface area (Å²) in [5.74, 6) is -3.61. The number of carbonyl (C=O) groups excluding carboxylic acids is 2. The SMILES string of the molecule is COC(=O)C(O)=CC(=O)N(C)CC(c1ccc(F)cc1)c1ccc(F)cc1. The monoisotopic (exact) mass is 375 g/mol. The molecular weight excluding hydrogens is 356 g/mol. The van der Waals surface area contributed by atoms with E-state index in [1.165, 1.54) is 36.2 Å². The molecule has 0 saturated heterocycles. The van der Waals surface area contributed by atoms with Crippen molar-refractivity contribution in [3.05, 3.63) is 83.1 Å². The van der Waals surface area contributed by atoms with E-state index in [0.717, 1.165) is 24.3 Å². The van der Waals surface area contributed by atoms with Gasteiger partial charge in [0.1, 0.15) is 11.6 Å². The van der Waals surface area contributed by atoms with E-state index in [1.807, 2.05) is 0 Å². The van der Waals surface area contributed by atoms with E-state index in [2.05, 4.69) is 4.74 Å². The third-order valence-corrected chi connectivity index (χ3v) is 4.03. The molecule has 2 aromatic carbocycles. The van der Waals surface area contributed by atoms with Gasteiger partial charge in [-0.2, -0.15) is 0 Å². The number of nitrogens with zero attached hydrogens (tertiary/aromatic N) is 1. The molecule has 0 radical (unpaired) electrons. The lowest BCUT2D eigenvalue weighted by Gasteiger charge is -2.24. The molecule has 2 aromatic rings. The van der Waals surface area contributed by atoms with E-state index < -0.39 is 29.3 Å². The average molecular weight is 375 g/mol. The Hall–Kier alpha value is -3.22. The molecule has 142 valence electrons. The number of amides is 1. The van der Waals surface area contributed by atoms with Gasteiger partial charge in [0.05, 0.1) is 13.2 Å². The van der Waals surface area contributed by atoms with Crippen LogP contribution in [-0.4, -0.2) is 42.6 Å². The molecule has 27 heavy (non-hydrogen) atoms. The molecule has 1 amide bonds. The second kappa shape index (κ2) is 8.93. The number of benzene rings is 2. The van der Waals surface area contributed by atoms with Crippen LogP contribution in [0.25, 0.3) is 0 Å². The Morgan fingerprint density at radius 1 is 1.04 bits per heavy atom. The molecule has 0 spiro atoms. The number of aliphatic hydroxyl groups is 1. The Kier molecular flexibility index (Phi) is 6.65. The summed E-state index contributed by atoms with van der Waals surface area (Å²) in [5.41, 5.74) is 1.45. The molecule has 0 aliphatic rings. The number of esters is 1. The minimum absolute atomic E-state index is 0.154. The maximum absolute atomic E-state index is 13.3. The number of aliphatic hydroxyl groups excluding tert-OH is 1. The van der Waals surface area contributed by atoms with E-state index >= 15 is 0 Å². The van der Waals surface area contributed by atoms with Gasteiger partial charge in [0.2, 0.25) is 11.7 Å². The maximum atomic E-state index is 13.3. The highest BCUT2D eigenvalue weighted by atomic mass is 19.1. The molecule has 0 bridgehead atoms. The van der Waals surface area contributed by atoms with Gasteiger partial charge < -0.3 is 14.7 Å². The van der Waals surface area contributed by atoms with E-state index in [1.54, 1.807) is 24.3 Å². The maximum Gasteiger partial charge on any atom is 0.373 e. The zero-order chi connectivity index (χ0) is 20.0. The Labute approximate surface area is 155 Å². The van der Waals surface area contributed by atoms with Gasteiger partial charge in [0, 0.05) is 19.5 Å². The standard InChI is InChI=1S/C20H19F2NO4/c1-23(19(25)11-18(24)20(26)27-2)12-17(13-3-7-15(21)8-4-13)14-5-9-16(22)10-6-14/h3-11,17,24H,12H2,1-2H3. The molecule has 0 atom stereocenters. The van der Waals surface area contributed by atoms with Gasteiger partial charge in [-0.15, -0.1) is 0 Å². The molecule has 0 heterocycles. The summed E-state index contributed by atoms with van der Waals surface area (Å²) in [6.45, 7) is 0.154. The van der Waals surface area contributed by atoms with E-state index in [9.17, 15) is 23.5 Å². The fraction of sp³-hybridized carbons (Fsp3) is 0.200. The highest BCUT2D eigenvalue weighted by Gasteiger charge is 2.20. The minimum atomic E-state index is -1.02. The number of hydrogen-bond acceptors (Lipinski definition) is 4. The van der Waals surface area contributed by atoms with Gasteiger partial charge in [-0.25, -0.2) is 13.6 Å². The number of methoxy groups -OCH3 is 1. The first-order valence-electron chi connectivity index (χ1n) is 8.06. The highest BCUT2D eigenvalue weighted by molar-refractivity contribution is 5.96. The molecule has 7 heteroatoms. The van der Waals surface area contributed by atoms with Crippen molar-refractivity contribution in [2.45, 2.75) is 5.92 Å². The van der Waals surface area contributed by atoms with Crippen LogP contribution in [0.3, 0.4) is 0 Å². The highest BCUT2D eigenvalue weighted by Crippen LogP contribution is 2.26. The fourth-order valence-electron chi connectivity index (χ4n) is 2.55. The number of carbonyl (C=O) groups is 2. The van der Waals surface area contributed by atoms with Crippen LogP contribution in [0.2, 0.25) is 0 Å². The van der Waals surface area contributed by atoms with Crippen molar-refractivity contribution < 1.29 is 28.2 Å². The molecule has 5 nitrogen and oxygen atoms in total. The number of rotatable bonds is 6. The average Bonchev–Trinajstić information content (AvgIpc) is 2.66. The first-order chi connectivity index (χ1) is 12.8. The Balaban J connectivity index is 2.28. The predicted octanol–water partition coefficient (Wildman–Crippen LogP) is 3.17. The van der Waals surface area contributed by atoms with Crippen LogP contribution < -0.4 is 0 Å². The molecule has 0 aliphatic carbocycles. The lowest BCUT2D eigenvalue weighted by atomic mass is 9.90. The summed E-state index contributed by atoms with van der Waals surface area (Å²) < 4.78 is 30.8. The summed E-state index contributed by atoms with van der Waals surface area (Å²) in [7, 11) is 2.57. The van der Waals surface area contributed by atoms with E-state index in [-0.39, 0.29) is 12.5 Å². The summed E-state index contributed by atoms with van der Waals surface area (Å²) in [6.07, 6.45) is 0.762. The van der Waals surface area contributed by atoms with E-state index in [0.29, 0.717) is 0 Å². The number of likely N-dealkylation sites (N-methyl/N-ethyl adjacent to an activating group) is 1. The quantitative estimate of drug-likeness (QED) is 0.478. The lowest BCUT2D eigenvalue weighted by Crippen LogP contribution is -2.31. The lowest BCUT2D eigenvalue weighted by molar-refractivity contribution is -0.139. The van der Waals surface area contributed by atoms with Gasteiger partial charge in [-0.3, -0.25) is 4.79 Å². The normalized spacial score (nSPS) is 11.4. The van der Waals surface area contributed by atoms with Crippen LogP contribution in [0, 0.1) is 11.6 Å². The van der Waals surface area contributed by atoms with Gasteiger partial charge >= 0.3 is 5.97 Å². The van der Waals surface area contributed by atoms with Crippen molar-refractivity contribution in [2.24, 2.45) is 0 Å². The summed E-state index contributed by atoms with van der Waals surface area (Å²) >= 11 is 0. The fourth-order valence-corrected chi connectivity index (χ4v) is 2.55. The summed E-state index contributed by atoms with van der Waals surface area (Å²) in [4.78, 5) is 24.7. The van der Waals surface area contributed by atoms with E-state index in [4.69, 9.17) is 0 Å². The topological polar surface area (TPSA) is 66.8 Å². The largest absolute Gasteiger partial charge is 0.502 e. The van der Waals surface area contributed by atoms with Crippen molar-refractivity contribution in [2.75, 3.05) is 20.7 Å². The van der Waals surface area contributed by atoms with Crippen LogP contribution >= 0.6 is 0 Å². The molecular formula is C20H19F2NO4. The number of hydrogen-bond donors (Lipinski definition) is 1. The van der Waals surface area contributed by atoms with Crippen molar-refractivity contribution in [3.63, 3.8) is 0 Å². The molecule has 2 rings (SSSR count). The summed E-state index contributed by atoms with van der Waals surface area (Å²) in [5, 5.41) is 9.52. The predicted molar refractivity (Wildman–Crippen MR) is 95.0 cm³/mol.